The molecule has 2 amide bonds. The minimum atomic E-state index is -0.804. The van der Waals surface area contributed by atoms with Crippen LogP contribution in [0.1, 0.15) is 11.7 Å². The summed E-state index contributed by atoms with van der Waals surface area (Å²) in [4.78, 5) is 11.9. The molecule has 3 rings (SSSR count). The summed E-state index contributed by atoms with van der Waals surface area (Å²) in [5, 5.41) is 18.5. The summed E-state index contributed by atoms with van der Waals surface area (Å²) in [6.07, 6.45) is 0.714. The van der Waals surface area contributed by atoms with Crippen molar-refractivity contribution < 1.29 is 18.7 Å². The van der Waals surface area contributed by atoms with Crippen LogP contribution in [-0.2, 0) is 0 Å². The maximum atomic E-state index is 13.9. The van der Waals surface area contributed by atoms with Crippen molar-refractivity contribution in [1.29, 1.82) is 0 Å². The predicted octanol–water partition coefficient (Wildman–Crippen LogP) is 4.00. The molecule has 0 saturated heterocycles. The zero-order valence-corrected chi connectivity index (χ0v) is 13.3. The monoisotopic (exact) mass is 346 g/mol. The van der Waals surface area contributed by atoms with E-state index in [0.29, 0.717) is 11.3 Å². The molecule has 1 atom stereocenters. The molecule has 0 aliphatic rings. The number of halogens is 1. The maximum Gasteiger partial charge on any atom is 0.319 e. The van der Waals surface area contributed by atoms with Gasteiger partial charge in [0.1, 0.15) is 11.6 Å². The van der Waals surface area contributed by atoms with E-state index in [4.69, 9.17) is 4.42 Å². The largest absolute Gasteiger partial charge is 0.464 e. The Bertz CT molecular complexity index is 803. The highest BCUT2D eigenvalue weighted by Crippen LogP contribution is 2.25. The van der Waals surface area contributed by atoms with E-state index in [0.717, 1.165) is 5.56 Å². The van der Waals surface area contributed by atoms with Crippen LogP contribution in [0.4, 0.5) is 14.9 Å². The number of hydrogen-bond acceptors (Lipinski definition) is 4. The minimum Gasteiger partial charge on any atom is -0.464 e. The lowest BCUT2D eigenvalue weighted by Crippen LogP contribution is -2.32. The number of carbonyl (C=O) groups is 1. The van der Waals surface area contributed by atoms with Crippen molar-refractivity contribution in [3.63, 3.8) is 0 Å². The third-order valence-electron chi connectivity index (χ3n) is 3.40. The van der Waals surface area contributed by atoms with Crippen molar-refractivity contribution in [2.75, 3.05) is 11.9 Å². The van der Waals surface area contributed by atoms with Gasteiger partial charge in [0.15, 0.2) is 0 Å². The number of furan rings is 1. The first kappa shape index (κ1) is 16.2. The van der Waals surface area contributed by atoms with Gasteiger partial charge in [-0.1, -0.05) is 0 Å². The zero-order valence-electron chi connectivity index (χ0n) is 12.5. The fourth-order valence-electron chi connectivity index (χ4n) is 2.16. The third-order valence-corrected chi connectivity index (χ3v) is 4.11. The fraction of sp³-hybridized carbons (Fsp3) is 0.118. The van der Waals surface area contributed by atoms with Crippen molar-refractivity contribution in [2.45, 2.75) is 6.10 Å². The smallest absolute Gasteiger partial charge is 0.319 e. The second-order valence-electron chi connectivity index (χ2n) is 5.08. The van der Waals surface area contributed by atoms with E-state index in [1.54, 1.807) is 29.6 Å². The molecule has 0 radical (unpaired) electrons. The van der Waals surface area contributed by atoms with Gasteiger partial charge < -0.3 is 20.2 Å². The van der Waals surface area contributed by atoms with Crippen molar-refractivity contribution in [3.05, 3.63) is 64.8 Å². The molecule has 1 aromatic carbocycles. The summed E-state index contributed by atoms with van der Waals surface area (Å²) in [7, 11) is 0. The molecule has 0 fully saturated rings. The van der Waals surface area contributed by atoms with E-state index in [1.807, 2.05) is 5.38 Å². The normalized spacial score (nSPS) is 11.9. The van der Waals surface area contributed by atoms with Gasteiger partial charge in [0.25, 0.3) is 0 Å². The number of benzene rings is 1. The summed E-state index contributed by atoms with van der Waals surface area (Å²) < 4.78 is 19.1. The molecule has 24 heavy (non-hydrogen) atoms. The summed E-state index contributed by atoms with van der Waals surface area (Å²) in [6, 6.07) is 8.97. The van der Waals surface area contributed by atoms with E-state index in [2.05, 4.69) is 10.6 Å². The molecule has 0 aliphatic carbocycles. The summed E-state index contributed by atoms with van der Waals surface area (Å²) in [6.45, 7) is 0.0298. The lowest BCUT2D eigenvalue weighted by atomic mass is 10.1. The summed E-state index contributed by atoms with van der Waals surface area (Å²) in [5.74, 6) is 0.0187. The molecule has 5 nitrogen and oxygen atoms in total. The molecule has 3 aromatic rings. The van der Waals surface area contributed by atoms with Crippen molar-refractivity contribution >= 4 is 23.1 Å². The number of rotatable bonds is 5. The minimum absolute atomic E-state index is 0.0298. The Morgan fingerprint density at radius 2 is 2.21 bits per heavy atom. The third kappa shape index (κ3) is 3.81. The summed E-state index contributed by atoms with van der Waals surface area (Å²) in [5.41, 5.74) is 1.41. The van der Waals surface area contributed by atoms with Crippen LogP contribution in [0.15, 0.2) is 57.8 Å². The second kappa shape index (κ2) is 7.29. The summed E-state index contributed by atoms with van der Waals surface area (Å²) >= 11 is 1.46. The Kier molecular flexibility index (Phi) is 4.93. The number of thiophene rings is 1. The molecule has 0 aliphatic heterocycles. The SMILES string of the molecule is O=C(NC[C@H](O)c1ccsc1)Nc1cc(-c2ccco2)ccc1F. The highest BCUT2D eigenvalue weighted by Gasteiger charge is 2.12. The van der Waals surface area contributed by atoms with Crippen LogP contribution in [0, 0.1) is 5.82 Å². The predicted molar refractivity (Wildman–Crippen MR) is 90.4 cm³/mol. The van der Waals surface area contributed by atoms with Crippen LogP contribution < -0.4 is 10.6 Å². The van der Waals surface area contributed by atoms with Gasteiger partial charge in [-0.2, -0.15) is 11.3 Å². The van der Waals surface area contributed by atoms with Crippen LogP contribution in [0.2, 0.25) is 0 Å². The maximum absolute atomic E-state index is 13.9. The molecule has 124 valence electrons. The molecular formula is C17H15FN2O3S. The van der Waals surface area contributed by atoms with Crippen molar-refractivity contribution in [2.24, 2.45) is 0 Å². The number of anilines is 1. The highest BCUT2D eigenvalue weighted by molar-refractivity contribution is 7.07. The van der Waals surface area contributed by atoms with Crippen LogP contribution in [-0.4, -0.2) is 17.7 Å². The molecule has 2 aromatic heterocycles. The second-order valence-corrected chi connectivity index (χ2v) is 5.86. The Balaban J connectivity index is 1.62. The van der Waals surface area contributed by atoms with E-state index in [9.17, 15) is 14.3 Å². The van der Waals surface area contributed by atoms with E-state index >= 15 is 0 Å². The standard InChI is InChI=1S/C17H15FN2O3S/c18-13-4-3-11(16-2-1-6-23-16)8-14(13)20-17(22)19-9-15(21)12-5-7-24-10-12/h1-8,10,15,21H,9H2,(H2,19,20,22)/t15-/m0/s1. The Morgan fingerprint density at radius 3 is 2.92 bits per heavy atom. The number of amides is 2. The number of aliphatic hydroxyl groups excluding tert-OH is 1. The van der Waals surface area contributed by atoms with E-state index < -0.39 is 18.0 Å². The first-order valence-corrected chi connectivity index (χ1v) is 8.16. The molecular weight excluding hydrogens is 331 g/mol. The highest BCUT2D eigenvalue weighted by atomic mass is 32.1. The molecule has 0 unspecified atom stereocenters. The Labute approximate surface area is 141 Å². The average Bonchev–Trinajstić information content (AvgIpc) is 3.28. The van der Waals surface area contributed by atoms with Gasteiger partial charge in [-0.15, -0.1) is 0 Å². The van der Waals surface area contributed by atoms with Crippen LogP contribution in [0.5, 0.6) is 0 Å². The van der Waals surface area contributed by atoms with Gasteiger partial charge in [-0.3, -0.25) is 0 Å². The van der Waals surface area contributed by atoms with Gasteiger partial charge in [0.05, 0.1) is 18.1 Å². The molecule has 3 N–H and O–H groups in total. The van der Waals surface area contributed by atoms with E-state index in [1.165, 1.54) is 29.7 Å². The quantitative estimate of drug-likeness (QED) is 0.654. The van der Waals surface area contributed by atoms with Gasteiger partial charge >= 0.3 is 6.03 Å². The fourth-order valence-corrected chi connectivity index (χ4v) is 2.86. The molecule has 0 saturated carbocycles. The van der Waals surface area contributed by atoms with Crippen molar-refractivity contribution in [3.8, 4) is 11.3 Å². The van der Waals surface area contributed by atoms with Gasteiger partial charge in [0, 0.05) is 12.1 Å². The number of carbonyl (C=O) groups excluding carboxylic acids is 1. The molecule has 0 bridgehead atoms. The van der Waals surface area contributed by atoms with Gasteiger partial charge in [0.2, 0.25) is 0 Å². The number of hydrogen-bond donors (Lipinski definition) is 3. The molecule has 2 heterocycles. The number of nitrogens with one attached hydrogen (secondary N) is 2. The average molecular weight is 346 g/mol. The first-order valence-electron chi connectivity index (χ1n) is 7.22. The molecule has 7 heteroatoms. The zero-order chi connectivity index (χ0) is 16.9. The topological polar surface area (TPSA) is 74.5 Å². The van der Waals surface area contributed by atoms with Crippen LogP contribution >= 0.6 is 11.3 Å². The lowest BCUT2D eigenvalue weighted by molar-refractivity contribution is 0.175. The number of aliphatic hydroxyl groups is 1. The van der Waals surface area contributed by atoms with E-state index in [-0.39, 0.29) is 12.2 Å². The first-order chi connectivity index (χ1) is 11.6. The Hall–Kier alpha value is -2.64. The lowest BCUT2D eigenvalue weighted by Gasteiger charge is -2.12. The molecule has 0 spiro atoms. The Morgan fingerprint density at radius 1 is 1.33 bits per heavy atom. The van der Waals surface area contributed by atoms with Gasteiger partial charge in [-0.25, -0.2) is 9.18 Å². The van der Waals surface area contributed by atoms with Crippen LogP contribution in [0.3, 0.4) is 0 Å². The number of urea groups is 1. The van der Waals surface area contributed by atoms with Gasteiger partial charge in [-0.05, 0) is 52.7 Å². The van der Waals surface area contributed by atoms with Crippen molar-refractivity contribution in [1.82, 2.24) is 5.32 Å². The van der Waals surface area contributed by atoms with Crippen LogP contribution in [0.25, 0.3) is 11.3 Å².